The van der Waals surface area contributed by atoms with Crippen LogP contribution >= 0.6 is 0 Å². The minimum Gasteiger partial charge on any atom is -0.769 e. The van der Waals surface area contributed by atoms with E-state index >= 15 is 0 Å². The normalized spacial score (nSPS) is 15.2. The fourth-order valence-corrected chi connectivity index (χ4v) is 1.75. The molecule has 1 rings (SSSR count). The quantitative estimate of drug-likeness (QED) is 0.380. The predicted molar refractivity (Wildman–Crippen MR) is 77.3 cm³/mol. The number of rotatable bonds is 7. The van der Waals surface area contributed by atoms with Gasteiger partial charge in [-0.3, -0.25) is 19.9 Å². The number of hydrogen-bond donors (Lipinski definition) is 3. The van der Waals surface area contributed by atoms with E-state index in [2.05, 4.69) is 0 Å². The summed E-state index contributed by atoms with van der Waals surface area (Å²) in [5, 5.41) is 37.4. The second-order valence-electron chi connectivity index (χ2n) is 5.49. The molecule has 184 valence electrons. The monoisotopic (exact) mass is 497 g/mol. The molecule has 0 spiro atoms. The summed E-state index contributed by atoms with van der Waals surface area (Å²) < 4.78 is 143. The van der Waals surface area contributed by atoms with Crippen LogP contribution in [-0.2, 0) is 9.53 Å². The standard InChI is InChI=1S/C12H6F11N3O6/c13-8(10(16,17)18,32-12(22,23)9(14,15)11(19,20)21)7(27)24-5-2-1-4(25(28)29)3-6(5)26(30)31/h1-3,30-31H,(H,24,27)/q-2. The van der Waals surface area contributed by atoms with E-state index in [1.165, 1.54) is 0 Å². The first-order chi connectivity index (χ1) is 14.1. The van der Waals surface area contributed by atoms with Crippen molar-refractivity contribution in [3.8, 4) is 0 Å². The van der Waals surface area contributed by atoms with Gasteiger partial charge in [0.25, 0.3) is 5.91 Å². The molecule has 0 aliphatic rings. The Morgan fingerprint density at radius 3 is 1.78 bits per heavy atom. The fraction of sp³-hybridized carbons (Fsp3) is 0.417. The van der Waals surface area contributed by atoms with Gasteiger partial charge in [0.15, 0.2) is 0 Å². The summed E-state index contributed by atoms with van der Waals surface area (Å²) in [4.78, 5) is 11.6. The Hall–Kier alpha value is -2.68. The Bertz CT molecular complexity index is 845. The molecule has 0 aliphatic carbocycles. The van der Waals surface area contributed by atoms with Gasteiger partial charge in [-0.25, -0.2) is 0 Å². The van der Waals surface area contributed by atoms with Gasteiger partial charge in [0.1, 0.15) is 5.69 Å². The molecule has 0 saturated carbocycles. The molecule has 0 radical (unpaired) electrons. The summed E-state index contributed by atoms with van der Waals surface area (Å²) in [7, 11) is 0. The molecule has 1 aromatic rings. The van der Waals surface area contributed by atoms with Crippen LogP contribution in [0.1, 0.15) is 0 Å². The predicted octanol–water partition coefficient (Wildman–Crippen LogP) is 4.05. The van der Waals surface area contributed by atoms with Gasteiger partial charge in [-0.15, -0.1) is 5.23 Å². The Kier molecular flexibility index (Phi) is 7.14. The topological polar surface area (TPSA) is 131 Å². The van der Waals surface area contributed by atoms with Crippen LogP contribution in [0.4, 0.5) is 65.4 Å². The van der Waals surface area contributed by atoms with E-state index in [-0.39, 0.29) is 12.1 Å². The average molecular weight is 497 g/mol. The van der Waals surface area contributed by atoms with Crippen molar-refractivity contribution in [2.24, 2.45) is 0 Å². The van der Waals surface area contributed by atoms with E-state index < -0.39 is 63.7 Å². The first-order valence-electron chi connectivity index (χ1n) is 7.14. The van der Waals surface area contributed by atoms with Crippen molar-refractivity contribution in [1.29, 1.82) is 0 Å². The number of nitrogens with one attached hydrogen (secondary N) is 1. The van der Waals surface area contributed by atoms with E-state index in [0.717, 1.165) is 0 Å². The van der Waals surface area contributed by atoms with Gasteiger partial charge in [-0.05, 0) is 18.2 Å². The van der Waals surface area contributed by atoms with Crippen molar-refractivity contribution in [2.75, 3.05) is 15.8 Å². The lowest BCUT2D eigenvalue weighted by molar-refractivity contribution is -0.472. The molecule has 1 atom stereocenters. The number of carbonyl (C=O) groups is 1. The van der Waals surface area contributed by atoms with E-state index in [9.17, 15) is 63.5 Å². The smallest absolute Gasteiger partial charge is 0.462 e. The first kappa shape index (κ1) is 27.4. The van der Waals surface area contributed by atoms with Gasteiger partial charge in [0.05, 0.1) is 5.69 Å². The van der Waals surface area contributed by atoms with E-state index in [4.69, 9.17) is 10.4 Å². The van der Waals surface area contributed by atoms with Crippen molar-refractivity contribution in [3.05, 3.63) is 28.6 Å². The van der Waals surface area contributed by atoms with E-state index in [1.807, 2.05) is 4.74 Å². The highest BCUT2D eigenvalue weighted by Gasteiger charge is 2.79. The lowest BCUT2D eigenvalue weighted by atomic mass is 10.2. The summed E-state index contributed by atoms with van der Waals surface area (Å²) in [6, 6.07) is 0.684. The van der Waals surface area contributed by atoms with Crippen LogP contribution < -0.4 is 15.8 Å². The highest BCUT2D eigenvalue weighted by Crippen LogP contribution is 2.51. The van der Waals surface area contributed by atoms with E-state index in [1.54, 1.807) is 0 Å². The number of alkyl halides is 11. The van der Waals surface area contributed by atoms with Gasteiger partial charge in [0.2, 0.25) is 0 Å². The second kappa shape index (κ2) is 8.35. The van der Waals surface area contributed by atoms with Gasteiger partial charge in [0, 0.05) is 5.69 Å². The molecule has 0 aliphatic heterocycles. The summed E-state index contributed by atoms with van der Waals surface area (Å²) >= 11 is 0. The van der Waals surface area contributed by atoms with Crippen molar-refractivity contribution in [1.82, 2.24) is 0 Å². The van der Waals surface area contributed by atoms with Crippen LogP contribution in [0.2, 0.25) is 0 Å². The highest BCUT2D eigenvalue weighted by molar-refractivity contribution is 5.99. The fourth-order valence-electron chi connectivity index (χ4n) is 1.75. The SMILES string of the molecule is O=C(Nc1ccc(N([O-])[O-])cc1N(O)O)C(F)(OC(F)(F)C(F)(F)C(F)(F)F)C(F)(F)F. The Balaban J connectivity index is 3.46. The Labute approximate surface area is 167 Å². The molecule has 0 aromatic heterocycles. The zero-order valence-corrected chi connectivity index (χ0v) is 14.3. The van der Waals surface area contributed by atoms with Gasteiger partial charge < -0.3 is 21.0 Å². The van der Waals surface area contributed by atoms with Crippen molar-refractivity contribution >= 4 is 23.0 Å². The molecule has 32 heavy (non-hydrogen) atoms. The molecular weight excluding hydrogens is 491 g/mol. The maximum atomic E-state index is 14.1. The molecule has 9 nitrogen and oxygen atoms in total. The number of benzene rings is 1. The van der Waals surface area contributed by atoms with Crippen LogP contribution in [-0.4, -0.2) is 46.6 Å². The summed E-state index contributed by atoms with van der Waals surface area (Å²) in [5.41, 5.74) is -3.79. The molecule has 1 unspecified atom stereocenters. The van der Waals surface area contributed by atoms with Crippen molar-refractivity contribution in [3.63, 3.8) is 0 Å². The first-order valence-corrected chi connectivity index (χ1v) is 7.14. The molecule has 0 saturated heterocycles. The molecule has 20 heteroatoms. The largest absolute Gasteiger partial charge is 0.769 e. The molecule has 1 amide bonds. The average Bonchev–Trinajstić information content (AvgIpc) is 2.58. The van der Waals surface area contributed by atoms with Crippen molar-refractivity contribution < 1.29 is 68.2 Å². The second-order valence-corrected chi connectivity index (χ2v) is 5.49. The number of ether oxygens (including phenoxy) is 1. The van der Waals surface area contributed by atoms with E-state index in [0.29, 0.717) is 11.4 Å². The Morgan fingerprint density at radius 1 is 0.906 bits per heavy atom. The van der Waals surface area contributed by atoms with Gasteiger partial charge in [-0.2, -0.15) is 48.3 Å². The molecular formula is C12H6F11N3O6-2. The number of hydrogen-bond acceptors (Lipinski definition) is 8. The Morgan fingerprint density at radius 2 is 1.41 bits per heavy atom. The molecule has 1 aromatic carbocycles. The van der Waals surface area contributed by atoms with Crippen LogP contribution in [0.5, 0.6) is 0 Å². The maximum absolute atomic E-state index is 14.1. The molecule has 0 fully saturated rings. The van der Waals surface area contributed by atoms with Gasteiger partial charge in [-0.1, -0.05) is 0 Å². The zero-order chi connectivity index (χ0) is 25.5. The molecule has 0 heterocycles. The third kappa shape index (κ3) is 5.03. The number of nitrogens with zero attached hydrogens (tertiary/aromatic N) is 2. The maximum Gasteiger partial charge on any atom is 0.462 e. The zero-order valence-electron chi connectivity index (χ0n) is 14.3. The lowest BCUT2D eigenvalue weighted by Crippen LogP contribution is -2.62. The number of anilines is 3. The minimum atomic E-state index is -7.41. The third-order valence-corrected chi connectivity index (χ3v) is 3.30. The van der Waals surface area contributed by atoms with Crippen molar-refractivity contribution in [2.45, 2.75) is 30.2 Å². The summed E-state index contributed by atoms with van der Waals surface area (Å²) in [6.07, 6.45) is -21.5. The van der Waals surface area contributed by atoms with Gasteiger partial charge >= 0.3 is 30.2 Å². The number of carbonyl (C=O) groups excluding carboxylic acids is 1. The van der Waals surface area contributed by atoms with Crippen LogP contribution in [0, 0.1) is 10.4 Å². The number of halogens is 11. The summed E-state index contributed by atoms with van der Waals surface area (Å²) in [5.74, 6) is -17.5. The lowest BCUT2D eigenvalue weighted by Gasteiger charge is -2.38. The molecule has 0 bridgehead atoms. The van der Waals surface area contributed by atoms with Crippen LogP contribution in [0.15, 0.2) is 18.2 Å². The number of amides is 1. The van der Waals surface area contributed by atoms with Crippen LogP contribution in [0.25, 0.3) is 0 Å². The third-order valence-electron chi connectivity index (χ3n) is 3.30. The molecule has 3 N–H and O–H groups in total. The van der Waals surface area contributed by atoms with Crippen LogP contribution in [0.3, 0.4) is 0 Å². The summed E-state index contributed by atoms with van der Waals surface area (Å²) in [6.45, 7) is 0. The minimum absolute atomic E-state index is 0.135. The highest BCUT2D eigenvalue weighted by atomic mass is 19.4.